The molecule has 5 heteroatoms. The van der Waals surface area contributed by atoms with E-state index < -0.39 is 0 Å². The number of hydrogen-bond acceptors (Lipinski definition) is 4. The van der Waals surface area contributed by atoms with Gasteiger partial charge >= 0.3 is 0 Å². The number of fused-ring (bicyclic) bond motifs is 1. The Balaban J connectivity index is 2.10. The molecule has 1 aliphatic heterocycles. The molecule has 15 heavy (non-hydrogen) atoms. The fraction of sp³-hybridized carbons (Fsp3) is 0.400. The maximum atomic E-state index is 5.76. The highest BCUT2D eigenvalue weighted by Gasteiger charge is 2.26. The van der Waals surface area contributed by atoms with Crippen LogP contribution in [0.15, 0.2) is 18.6 Å². The predicted molar refractivity (Wildman–Crippen MR) is 58.7 cm³/mol. The van der Waals surface area contributed by atoms with Gasteiger partial charge in [-0.15, -0.1) is 0 Å². The van der Waals surface area contributed by atoms with Gasteiger partial charge in [0.15, 0.2) is 5.82 Å². The number of hydrogen-bond donors (Lipinski definition) is 1. The molecule has 0 aromatic carbocycles. The van der Waals surface area contributed by atoms with E-state index >= 15 is 0 Å². The molecule has 1 aliphatic rings. The molecule has 2 N–H and O–H groups in total. The minimum atomic E-state index is 0.283. The second-order valence-corrected chi connectivity index (χ2v) is 4.02. The molecule has 2 aromatic rings. The topological polar surface area (TPSA) is 60.0 Å². The minimum absolute atomic E-state index is 0.283. The van der Waals surface area contributed by atoms with Crippen molar-refractivity contribution < 1.29 is 0 Å². The van der Waals surface area contributed by atoms with Crippen LogP contribution in [0.3, 0.4) is 0 Å². The SMILES string of the molecule is Cn1cnc2c(N3CC(N)C3)nccc21. The van der Waals surface area contributed by atoms with Gasteiger partial charge in [-0.2, -0.15) is 0 Å². The number of rotatable bonds is 1. The monoisotopic (exact) mass is 203 g/mol. The highest BCUT2D eigenvalue weighted by atomic mass is 15.3. The Morgan fingerprint density at radius 1 is 1.40 bits per heavy atom. The van der Waals surface area contributed by atoms with Crippen LogP contribution in [-0.4, -0.2) is 33.7 Å². The number of aromatic nitrogens is 3. The molecular weight excluding hydrogens is 190 g/mol. The smallest absolute Gasteiger partial charge is 0.156 e. The van der Waals surface area contributed by atoms with Crippen molar-refractivity contribution in [2.75, 3.05) is 18.0 Å². The van der Waals surface area contributed by atoms with Crippen molar-refractivity contribution in [3.8, 4) is 0 Å². The van der Waals surface area contributed by atoms with E-state index in [9.17, 15) is 0 Å². The molecule has 1 fully saturated rings. The fourth-order valence-corrected chi connectivity index (χ4v) is 1.97. The van der Waals surface area contributed by atoms with E-state index in [4.69, 9.17) is 5.73 Å². The van der Waals surface area contributed by atoms with Gasteiger partial charge in [0.2, 0.25) is 0 Å². The van der Waals surface area contributed by atoms with Gasteiger partial charge in [-0.25, -0.2) is 9.97 Å². The Morgan fingerprint density at radius 2 is 2.20 bits per heavy atom. The molecule has 0 saturated carbocycles. The van der Waals surface area contributed by atoms with Crippen molar-refractivity contribution in [3.63, 3.8) is 0 Å². The Bertz CT molecular complexity index is 497. The highest BCUT2D eigenvalue weighted by Crippen LogP contribution is 2.25. The maximum Gasteiger partial charge on any atom is 0.156 e. The van der Waals surface area contributed by atoms with Crippen molar-refractivity contribution >= 4 is 16.9 Å². The molecule has 0 atom stereocenters. The third-order valence-electron chi connectivity index (χ3n) is 2.83. The Labute approximate surface area is 87.5 Å². The summed E-state index contributed by atoms with van der Waals surface area (Å²) in [6.07, 6.45) is 3.64. The van der Waals surface area contributed by atoms with Crippen LogP contribution in [0.2, 0.25) is 0 Å². The van der Waals surface area contributed by atoms with Gasteiger partial charge in [-0.1, -0.05) is 0 Å². The lowest BCUT2D eigenvalue weighted by molar-refractivity contribution is 0.516. The molecule has 78 valence electrons. The minimum Gasteiger partial charge on any atom is -0.352 e. The maximum absolute atomic E-state index is 5.76. The molecule has 0 aliphatic carbocycles. The lowest BCUT2D eigenvalue weighted by Gasteiger charge is -2.37. The molecule has 1 saturated heterocycles. The summed E-state index contributed by atoms with van der Waals surface area (Å²) in [4.78, 5) is 10.9. The molecule has 0 unspecified atom stereocenters. The first-order valence-electron chi connectivity index (χ1n) is 5.02. The number of imidazole rings is 1. The molecule has 3 rings (SSSR count). The van der Waals surface area contributed by atoms with E-state index in [2.05, 4.69) is 14.9 Å². The molecule has 0 bridgehead atoms. The molecular formula is C10H13N5. The first-order valence-corrected chi connectivity index (χ1v) is 5.02. The van der Waals surface area contributed by atoms with Gasteiger partial charge in [0, 0.05) is 32.4 Å². The van der Waals surface area contributed by atoms with Crippen molar-refractivity contribution in [2.45, 2.75) is 6.04 Å². The largest absolute Gasteiger partial charge is 0.352 e. The summed E-state index contributed by atoms with van der Waals surface area (Å²) in [5.74, 6) is 0.954. The Hall–Kier alpha value is -1.62. The van der Waals surface area contributed by atoms with E-state index in [1.54, 1.807) is 0 Å². The zero-order valence-corrected chi connectivity index (χ0v) is 8.59. The quantitative estimate of drug-likeness (QED) is 0.715. The molecule has 3 heterocycles. The normalized spacial score (nSPS) is 17.1. The van der Waals surface area contributed by atoms with Crippen molar-refractivity contribution in [3.05, 3.63) is 18.6 Å². The van der Waals surface area contributed by atoms with Gasteiger partial charge in [0.1, 0.15) is 5.52 Å². The molecule has 2 aromatic heterocycles. The zero-order chi connectivity index (χ0) is 10.4. The second kappa shape index (κ2) is 2.93. The average molecular weight is 203 g/mol. The summed E-state index contributed by atoms with van der Waals surface area (Å²) in [5.41, 5.74) is 7.84. The number of anilines is 1. The standard InChI is InChI=1S/C10H13N5/c1-14-6-13-9-8(14)2-3-12-10(9)15-4-7(11)5-15/h2-3,6-7H,4-5,11H2,1H3. The fourth-order valence-electron chi connectivity index (χ4n) is 1.97. The summed E-state index contributed by atoms with van der Waals surface area (Å²) < 4.78 is 2.00. The number of aryl methyl sites for hydroxylation is 1. The van der Waals surface area contributed by atoms with Gasteiger partial charge in [-0.3, -0.25) is 0 Å². The summed E-state index contributed by atoms with van der Waals surface area (Å²) in [5, 5.41) is 0. The first kappa shape index (κ1) is 8.67. The molecule has 5 nitrogen and oxygen atoms in total. The van der Waals surface area contributed by atoms with E-state index in [-0.39, 0.29) is 6.04 Å². The molecule has 0 spiro atoms. The number of pyridine rings is 1. The summed E-state index contributed by atoms with van der Waals surface area (Å²) >= 11 is 0. The Kier molecular flexibility index (Phi) is 1.70. The van der Waals surface area contributed by atoms with Crippen LogP contribution < -0.4 is 10.6 Å². The highest BCUT2D eigenvalue weighted by molar-refractivity contribution is 5.86. The third-order valence-corrected chi connectivity index (χ3v) is 2.83. The van der Waals surface area contributed by atoms with Gasteiger partial charge in [0.25, 0.3) is 0 Å². The number of nitrogens with zero attached hydrogens (tertiary/aromatic N) is 4. The lowest BCUT2D eigenvalue weighted by Crippen LogP contribution is -2.56. The van der Waals surface area contributed by atoms with Crippen molar-refractivity contribution in [1.82, 2.24) is 14.5 Å². The van der Waals surface area contributed by atoms with Gasteiger partial charge in [0.05, 0.1) is 11.8 Å². The summed E-state index contributed by atoms with van der Waals surface area (Å²) in [7, 11) is 1.99. The molecule has 0 radical (unpaired) electrons. The lowest BCUT2D eigenvalue weighted by atomic mass is 10.1. The summed E-state index contributed by atoms with van der Waals surface area (Å²) in [6, 6.07) is 2.26. The first-order chi connectivity index (χ1) is 7.25. The van der Waals surface area contributed by atoms with E-state index in [1.165, 1.54) is 0 Å². The summed E-state index contributed by atoms with van der Waals surface area (Å²) in [6.45, 7) is 1.76. The van der Waals surface area contributed by atoms with E-state index in [1.807, 2.05) is 30.2 Å². The van der Waals surface area contributed by atoms with Gasteiger partial charge < -0.3 is 15.2 Å². The average Bonchev–Trinajstić information content (AvgIpc) is 2.56. The second-order valence-electron chi connectivity index (χ2n) is 4.02. The van der Waals surface area contributed by atoms with Crippen LogP contribution in [0.25, 0.3) is 11.0 Å². The third kappa shape index (κ3) is 1.20. The van der Waals surface area contributed by atoms with Crippen LogP contribution in [0.1, 0.15) is 0 Å². The van der Waals surface area contributed by atoms with Crippen molar-refractivity contribution in [1.29, 1.82) is 0 Å². The van der Waals surface area contributed by atoms with Gasteiger partial charge in [-0.05, 0) is 6.07 Å². The van der Waals surface area contributed by atoms with Crippen LogP contribution in [-0.2, 0) is 7.05 Å². The van der Waals surface area contributed by atoms with Crippen molar-refractivity contribution in [2.24, 2.45) is 12.8 Å². The van der Waals surface area contributed by atoms with Crippen LogP contribution in [0, 0.1) is 0 Å². The van der Waals surface area contributed by atoms with E-state index in [0.29, 0.717) is 0 Å². The number of nitrogens with two attached hydrogens (primary N) is 1. The zero-order valence-electron chi connectivity index (χ0n) is 8.59. The Morgan fingerprint density at radius 3 is 2.93 bits per heavy atom. The van der Waals surface area contributed by atoms with Crippen LogP contribution in [0.4, 0.5) is 5.82 Å². The van der Waals surface area contributed by atoms with E-state index in [0.717, 1.165) is 29.9 Å². The van der Waals surface area contributed by atoms with Crippen LogP contribution >= 0.6 is 0 Å². The predicted octanol–water partition coefficient (Wildman–Crippen LogP) is 0.116. The molecule has 0 amide bonds. The van der Waals surface area contributed by atoms with Crippen LogP contribution in [0.5, 0.6) is 0 Å².